The van der Waals surface area contributed by atoms with Gasteiger partial charge in [0.05, 0.1) is 6.04 Å². The first-order valence-corrected chi connectivity index (χ1v) is 10.8. The second-order valence-corrected chi connectivity index (χ2v) is 9.93. The number of rotatable bonds is 5. The molecular formula is C20H25FN4O2S. The number of likely N-dealkylation sites (tertiary alicyclic amines) is 1. The Morgan fingerprint density at radius 1 is 1.14 bits per heavy atom. The van der Waals surface area contributed by atoms with Gasteiger partial charge in [0.15, 0.2) is 0 Å². The van der Waals surface area contributed by atoms with Crippen LogP contribution in [-0.4, -0.2) is 60.6 Å². The monoisotopic (exact) mass is 404 g/mol. The molecule has 28 heavy (non-hydrogen) atoms. The molecule has 8 heteroatoms. The van der Waals surface area contributed by atoms with Crippen molar-refractivity contribution in [1.29, 1.82) is 0 Å². The first-order valence-electron chi connectivity index (χ1n) is 9.42. The van der Waals surface area contributed by atoms with Gasteiger partial charge in [0.2, 0.25) is 0 Å². The van der Waals surface area contributed by atoms with E-state index in [1.54, 1.807) is 36.9 Å². The largest absolute Gasteiger partial charge is 0.298 e. The van der Waals surface area contributed by atoms with Crippen LogP contribution in [0.25, 0.3) is 0 Å². The molecule has 0 spiro atoms. The van der Waals surface area contributed by atoms with Gasteiger partial charge >= 0.3 is 0 Å². The average Bonchev–Trinajstić information content (AvgIpc) is 3.19. The Morgan fingerprint density at radius 3 is 2.57 bits per heavy atom. The molecule has 2 saturated heterocycles. The molecule has 1 aromatic heterocycles. The molecule has 6 nitrogen and oxygen atoms in total. The van der Waals surface area contributed by atoms with Gasteiger partial charge in [0.1, 0.15) is 5.82 Å². The van der Waals surface area contributed by atoms with Crippen molar-refractivity contribution < 1.29 is 12.8 Å². The minimum Gasteiger partial charge on any atom is -0.298 e. The zero-order valence-corrected chi connectivity index (χ0v) is 16.9. The minimum atomic E-state index is -3.59. The molecule has 3 heterocycles. The van der Waals surface area contributed by atoms with Gasteiger partial charge in [-0.3, -0.25) is 9.88 Å². The standard InChI is InChI=1S/C20H25FN4O2S/c1-23(2)28(26,27)25-13-17-12-24(11-15-6-8-22-9-7-15)14-19(17)20(25)16-4-3-5-18(21)10-16/h3-10,17,19-20H,11-14H2,1-2H3/t17-,19-,20+/m0/s1. The van der Waals surface area contributed by atoms with Crippen LogP contribution in [0.2, 0.25) is 0 Å². The molecule has 0 bridgehead atoms. The summed E-state index contributed by atoms with van der Waals surface area (Å²) in [7, 11) is -0.501. The van der Waals surface area contributed by atoms with Crippen LogP contribution in [0.4, 0.5) is 4.39 Å². The van der Waals surface area contributed by atoms with Gasteiger partial charge < -0.3 is 0 Å². The fraction of sp³-hybridized carbons (Fsp3) is 0.450. The van der Waals surface area contributed by atoms with Gasteiger partial charge in [-0.25, -0.2) is 4.39 Å². The van der Waals surface area contributed by atoms with Crippen LogP contribution in [0.3, 0.4) is 0 Å². The van der Waals surface area contributed by atoms with Crippen LogP contribution in [0.5, 0.6) is 0 Å². The maximum Gasteiger partial charge on any atom is 0.282 e. The third-order valence-corrected chi connectivity index (χ3v) is 7.69. The highest BCUT2D eigenvalue weighted by molar-refractivity contribution is 7.86. The highest BCUT2D eigenvalue weighted by Gasteiger charge is 2.51. The predicted octanol–water partition coefficient (Wildman–Crippen LogP) is 2.13. The second-order valence-electron chi connectivity index (χ2n) is 7.83. The summed E-state index contributed by atoms with van der Waals surface area (Å²) in [5, 5.41) is 0. The van der Waals surface area contributed by atoms with E-state index in [0.717, 1.165) is 25.2 Å². The van der Waals surface area contributed by atoms with Gasteiger partial charge in [0.25, 0.3) is 10.2 Å². The average molecular weight is 405 g/mol. The SMILES string of the molecule is CN(C)S(=O)(=O)N1C[C@@H]2CN(Cc3ccncc3)C[C@@H]2[C@H]1c1cccc(F)c1. The van der Waals surface area contributed by atoms with Crippen molar-refractivity contribution in [3.8, 4) is 0 Å². The molecule has 150 valence electrons. The van der Waals surface area contributed by atoms with E-state index in [-0.39, 0.29) is 23.7 Å². The van der Waals surface area contributed by atoms with Crippen molar-refractivity contribution in [2.24, 2.45) is 11.8 Å². The summed E-state index contributed by atoms with van der Waals surface area (Å²) < 4.78 is 42.6. The molecule has 0 N–H and O–H groups in total. The third kappa shape index (κ3) is 3.57. The van der Waals surface area contributed by atoms with E-state index in [0.29, 0.717) is 6.54 Å². The van der Waals surface area contributed by atoms with Crippen molar-refractivity contribution in [3.63, 3.8) is 0 Å². The van der Waals surface area contributed by atoms with Gasteiger partial charge in [-0.15, -0.1) is 0 Å². The van der Waals surface area contributed by atoms with Crippen molar-refractivity contribution in [2.75, 3.05) is 33.7 Å². The quantitative estimate of drug-likeness (QED) is 0.766. The van der Waals surface area contributed by atoms with Crippen LogP contribution < -0.4 is 0 Å². The summed E-state index contributed by atoms with van der Waals surface area (Å²) in [6, 6.07) is 10.0. The number of fused-ring (bicyclic) bond motifs is 1. The number of benzene rings is 1. The van der Waals surface area contributed by atoms with Crippen molar-refractivity contribution in [3.05, 3.63) is 65.7 Å². The molecular weight excluding hydrogens is 379 g/mol. The highest BCUT2D eigenvalue weighted by atomic mass is 32.2. The predicted molar refractivity (Wildman–Crippen MR) is 105 cm³/mol. The first-order chi connectivity index (χ1) is 13.4. The summed E-state index contributed by atoms with van der Waals surface area (Å²) in [6.45, 7) is 2.89. The molecule has 1 aromatic carbocycles. The molecule has 4 rings (SSSR count). The molecule has 0 saturated carbocycles. The molecule has 2 fully saturated rings. The number of hydrogen-bond donors (Lipinski definition) is 0. The first kappa shape index (κ1) is 19.4. The van der Waals surface area contributed by atoms with Gasteiger partial charge in [-0.2, -0.15) is 17.0 Å². The summed E-state index contributed by atoms with van der Waals surface area (Å²) in [6.07, 6.45) is 3.57. The number of pyridine rings is 1. The Bertz CT molecular complexity index is 938. The number of halogens is 1. The fourth-order valence-corrected chi connectivity index (χ4v) is 5.89. The summed E-state index contributed by atoms with van der Waals surface area (Å²) in [5.41, 5.74) is 1.92. The summed E-state index contributed by atoms with van der Waals surface area (Å²) in [5.74, 6) is 0.0259. The van der Waals surface area contributed by atoms with Crippen molar-refractivity contribution >= 4 is 10.2 Å². The molecule has 2 aromatic rings. The summed E-state index contributed by atoms with van der Waals surface area (Å²) >= 11 is 0. The van der Waals surface area contributed by atoms with Crippen LogP contribution in [0.15, 0.2) is 48.8 Å². The number of hydrogen-bond acceptors (Lipinski definition) is 4. The maximum atomic E-state index is 13.9. The molecule has 2 aliphatic rings. The van der Waals surface area contributed by atoms with Crippen molar-refractivity contribution in [1.82, 2.24) is 18.5 Å². The minimum absolute atomic E-state index is 0.137. The molecule has 0 amide bonds. The van der Waals surface area contributed by atoms with E-state index < -0.39 is 10.2 Å². The van der Waals surface area contributed by atoms with E-state index in [4.69, 9.17) is 0 Å². The Kier molecular flexibility index (Phi) is 5.22. The lowest BCUT2D eigenvalue weighted by atomic mass is 9.90. The topological polar surface area (TPSA) is 56.8 Å². The van der Waals surface area contributed by atoms with Crippen LogP contribution in [0, 0.1) is 17.7 Å². The molecule has 3 atom stereocenters. The van der Waals surface area contributed by atoms with Crippen LogP contribution >= 0.6 is 0 Å². The number of aromatic nitrogens is 1. The van der Waals surface area contributed by atoms with Gasteiger partial charge in [0, 0.05) is 52.7 Å². The van der Waals surface area contributed by atoms with Gasteiger partial charge in [-0.1, -0.05) is 12.1 Å². The normalized spacial score (nSPS) is 26.1. The number of nitrogens with zero attached hydrogens (tertiary/aromatic N) is 4. The zero-order valence-electron chi connectivity index (χ0n) is 16.1. The lowest BCUT2D eigenvalue weighted by molar-refractivity contribution is 0.254. The maximum absolute atomic E-state index is 13.9. The van der Waals surface area contributed by atoms with Crippen molar-refractivity contribution in [2.45, 2.75) is 12.6 Å². The van der Waals surface area contributed by atoms with Crippen LogP contribution in [0.1, 0.15) is 17.2 Å². The third-order valence-electron chi connectivity index (χ3n) is 5.80. The lowest BCUT2D eigenvalue weighted by Crippen LogP contribution is -2.42. The molecule has 0 aliphatic carbocycles. The zero-order chi connectivity index (χ0) is 19.9. The van der Waals surface area contributed by atoms with E-state index in [9.17, 15) is 12.8 Å². The van der Waals surface area contributed by atoms with E-state index in [1.807, 2.05) is 18.2 Å². The molecule has 0 radical (unpaired) electrons. The molecule has 0 unspecified atom stereocenters. The second kappa shape index (κ2) is 7.51. The Labute approximate surface area is 165 Å². The highest BCUT2D eigenvalue weighted by Crippen LogP contribution is 2.46. The summed E-state index contributed by atoms with van der Waals surface area (Å²) in [4.78, 5) is 6.42. The smallest absolute Gasteiger partial charge is 0.282 e. The Balaban J connectivity index is 1.62. The molecule has 2 aliphatic heterocycles. The van der Waals surface area contributed by atoms with E-state index in [2.05, 4.69) is 9.88 Å². The van der Waals surface area contributed by atoms with Gasteiger partial charge in [-0.05, 0) is 47.2 Å². The Hall–Kier alpha value is -1.87. The Morgan fingerprint density at radius 2 is 1.89 bits per heavy atom. The van der Waals surface area contributed by atoms with E-state index in [1.165, 1.54) is 22.0 Å². The van der Waals surface area contributed by atoms with Crippen LogP contribution in [-0.2, 0) is 16.8 Å². The van der Waals surface area contributed by atoms with E-state index >= 15 is 0 Å². The lowest BCUT2D eigenvalue weighted by Gasteiger charge is -2.31. The fourth-order valence-electron chi connectivity index (χ4n) is 4.52.